The molecule has 1 unspecified atom stereocenters. The van der Waals surface area contributed by atoms with Crippen molar-refractivity contribution in [1.29, 1.82) is 5.26 Å². The van der Waals surface area contributed by atoms with E-state index in [0.717, 1.165) is 22.6 Å². The van der Waals surface area contributed by atoms with Gasteiger partial charge in [0.1, 0.15) is 16.8 Å². The highest BCUT2D eigenvalue weighted by molar-refractivity contribution is 8.00. The van der Waals surface area contributed by atoms with Gasteiger partial charge in [-0.2, -0.15) is 5.26 Å². The van der Waals surface area contributed by atoms with Crippen molar-refractivity contribution in [2.45, 2.75) is 30.0 Å². The summed E-state index contributed by atoms with van der Waals surface area (Å²) in [6.45, 7) is 2.43. The number of methoxy groups -OCH3 is 3. The van der Waals surface area contributed by atoms with Gasteiger partial charge in [-0.05, 0) is 66.9 Å². The van der Waals surface area contributed by atoms with Crippen molar-refractivity contribution < 1.29 is 19.0 Å². The molecule has 3 rings (SSSR count). The second kappa shape index (κ2) is 12.7. The molecular formula is C27H29N3O4S. The number of nitrogens with one attached hydrogen (secondary N) is 1. The summed E-state index contributed by atoms with van der Waals surface area (Å²) in [5.41, 5.74) is 3.12. The van der Waals surface area contributed by atoms with Crippen LogP contribution in [0.4, 0.5) is 0 Å². The Hall–Kier alpha value is -3.70. The molecule has 1 heterocycles. The van der Waals surface area contributed by atoms with Crippen LogP contribution in [0, 0.1) is 11.3 Å². The zero-order chi connectivity index (χ0) is 25.2. The number of pyridine rings is 1. The van der Waals surface area contributed by atoms with E-state index in [-0.39, 0.29) is 11.2 Å². The van der Waals surface area contributed by atoms with Crippen LogP contribution in [0.3, 0.4) is 0 Å². The molecule has 0 saturated carbocycles. The summed E-state index contributed by atoms with van der Waals surface area (Å²) in [4.78, 5) is 17.6. The molecule has 182 valence electrons. The van der Waals surface area contributed by atoms with Crippen LogP contribution in [-0.2, 0) is 11.2 Å². The van der Waals surface area contributed by atoms with Crippen LogP contribution in [0.25, 0.3) is 11.3 Å². The van der Waals surface area contributed by atoms with Crippen molar-refractivity contribution in [3.05, 3.63) is 65.7 Å². The first kappa shape index (κ1) is 25.9. The number of ether oxygens (including phenoxy) is 3. The summed E-state index contributed by atoms with van der Waals surface area (Å²) < 4.78 is 15.8. The van der Waals surface area contributed by atoms with Crippen LogP contribution < -0.4 is 19.5 Å². The fourth-order valence-electron chi connectivity index (χ4n) is 3.47. The number of carbonyl (C=O) groups excluding carboxylic acids is 1. The van der Waals surface area contributed by atoms with Gasteiger partial charge in [0.2, 0.25) is 5.91 Å². The number of aromatic nitrogens is 1. The van der Waals surface area contributed by atoms with E-state index in [9.17, 15) is 10.1 Å². The highest BCUT2D eigenvalue weighted by Gasteiger charge is 2.21. The molecule has 0 aliphatic carbocycles. The van der Waals surface area contributed by atoms with E-state index in [0.29, 0.717) is 41.5 Å². The van der Waals surface area contributed by atoms with Crippen LogP contribution >= 0.6 is 11.8 Å². The van der Waals surface area contributed by atoms with E-state index in [1.807, 2.05) is 55.5 Å². The predicted molar refractivity (Wildman–Crippen MR) is 137 cm³/mol. The minimum atomic E-state index is -0.369. The molecule has 35 heavy (non-hydrogen) atoms. The first-order valence-corrected chi connectivity index (χ1v) is 12.1. The number of benzene rings is 2. The van der Waals surface area contributed by atoms with Crippen molar-refractivity contribution >= 4 is 17.7 Å². The van der Waals surface area contributed by atoms with Gasteiger partial charge in [0.05, 0.1) is 37.8 Å². The largest absolute Gasteiger partial charge is 0.497 e. The van der Waals surface area contributed by atoms with E-state index < -0.39 is 0 Å². The van der Waals surface area contributed by atoms with Crippen LogP contribution in [0.5, 0.6) is 17.2 Å². The second-order valence-corrected chi connectivity index (χ2v) is 8.83. The Kier molecular flexibility index (Phi) is 9.39. The summed E-state index contributed by atoms with van der Waals surface area (Å²) in [7, 11) is 4.81. The van der Waals surface area contributed by atoms with E-state index in [2.05, 4.69) is 11.4 Å². The first-order chi connectivity index (χ1) is 17.0. The number of nitrogens with zero attached hydrogens (tertiary/aromatic N) is 2. The first-order valence-electron chi connectivity index (χ1n) is 11.2. The zero-order valence-electron chi connectivity index (χ0n) is 20.3. The van der Waals surface area contributed by atoms with Crippen LogP contribution in [-0.4, -0.2) is 44.0 Å². The Morgan fingerprint density at radius 1 is 1.03 bits per heavy atom. The summed E-state index contributed by atoms with van der Waals surface area (Å²) in [6.07, 6.45) is 1.26. The highest BCUT2D eigenvalue weighted by Crippen LogP contribution is 2.31. The van der Waals surface area contributed by atoms with E-state index >= 15 is 0 Å². The number of hydrogen-bond donors (Lipinski definition) is 1. The highest BCUT2D eigenvalue weighted by atomic mass is 32.2. The van der Waals surface area contributed by atoms with Gasteiger partial charge in [-0.3, -0.25) is 4.79 Å². The Bertz CT molecular complexity index is 1190. The van der Waals surface area contributed by atoms with Gasteiger partial charge in [-0.15, -0.1) is 0 Å². The minimum absolute atomic E-state index is 0.0847. The fraction of sp³-hybridized carbons (Fsp3) is 0.296. The molecule has 8 heteroatoms. The third kappa shape index (κ3) is 6.67. The van der Waals surface area contributed by atoms with Gasteiger partial charge in [-0.1, -0.05) is 24.8 Å². The van der Waals surface area contributed by atoms with Crippen molar-refractivity contribution in [3.63, 3.8) is 0 Å². The molecule has 0 radical (unpaired) electrons. The summed E-state index contributed by atoms with van der Waals surface area (Å²) in [5.74, 6) is 2.00. The molecule has 0 spiro atoms. The lowest BCUT2D eigenvalue weighted by molar-refractivity contribution is -0.120. The molecule has 1 amide bonds. The van der Waals surface area contributed by atoms with Gasteiger partial charge >= 0.3 is 0 Å². The molecule has 2 aromatic carbocycles. The molecule has 7 nitrogen and oxygen atoms in total. The third-order valence-electron chi connectivity index (χ3n) is 5.44. The molecule has 0 fully saturated rings. The fourth-order valence-corrected chi connectivity index (χ4v) is 4.49. The van der Waals surface area contributed by atoms with Crippen molar-refractivity contribution in [2.75, 3.05) is 27.9 Å². The predicted octanol–water partition coefficient (Wildman–Crippen LogP) is 4.88. The van der Waals surface area contributed by atoms with Crippen LogP contribution in [0.15, 0.2) is 59.6 Å². The van der Waals surface area contributed by atoms with E-state index in [1.165, 1.54) is 11.8 Å². The second-order valence-electron chi connectivity index (χ2n) is 7.63. The summed E-state index contributed by atoms with van der Waals surface area (Å²) in [6, 6.07) is 19.0. The van der Waals surface area contributed by atoms with Gasteiger partial charge < -0.3 is 19.5 Å². The molecule has 0 aliphatic rings. The molecule has 0 saturated heterocycles. The summed E-state index contributed by atoms with van der Waals surface area (Å²) in [5, 5.41) is 12.8. The lowest BCUT2D eigenvalue weighted by Crippen LogP contribution is -2.33. The van der Waals surface area contributed by atoms with Crippen LogP contribution in [0.2, 0.25) is 0 Å². The molecule has 1 N–H and O–H groups in total. The Morgan fingerprint density at radius 2 is 1.77 bits per heavy atom. The maximum atomic E-state index is 12.9. The van der Waals surface area contributed by atoms with E-state index in [1.54, 1.807) is 27.4 Å². The lowest BCUT2D eigenvalue weighted by atomic mass is 10.1. The molecule has 1 atom stereocenters. The normalized spacial score (nSPS) is 11.3. The van der Waals surface area contributed by atoms with Crippen LogP contribution in [0.1, 0.15) is 24.5 Å². The number of carbonyl (C=O) groups is 1. The quantitative estimate of drug-likeness (QED) is 0.382. The molecular weight excluding hydrogens is 462 g/mol. The number of rotatable bonds is 11. The standard InChI is InChI=1S/C27H29N3O4S/c1-5-25(26(31)29-15-14-18-6-13-23(33-3)24(16-18)34-4)35-27-20(17-28)9-12-22(30-27)19-7-10-21(32-2)11-8-19/h6-13,16,25H,5,14-15H2,1-4H3,(H,29,31). The van der Waals surface area contributed by atoms with Crippen molar-refractivity contribution in [1.82, 2.24) is 10.3 Å². The average molecular weight is 492 g/mol. The van der Waals surface area contributed by atoms with Gasteiger partial charge in [0.25, 0.3) is 0 Å². The lowest BCUT2D eigenvalue weighted by Gasteiger charge is -2.16. The number of thioether (sulfide) groups is 1. The SMILES string of the molecule is CCC(Sc1nc(-c2ccc(OC)cc2)ccc1C#N)C(=O)NCCc1ccc(OC)c(OC)c1. The molecule has 0 aliphatic heterocycles. The average Bonchev–Trinajstić information content (AvgIpc) is 2.91. The third-order valence-corrected chi connectivity index (χ3v) is 6.81. The van der Waals surface area contributed by atoms with Gasteiger partial charge in [0, 0.05) is 12.1 Å². The molecule has 1 aromatic heterocycles. The van der Waals surface area contributed by atoms with Crippen molar-refractivity contribution in [3.8, 4) is 34.6 Å². The molecule has 3 aromatic rings. The van der Waals surface area contributed by atoms with Crippen molar-refractivity contribution in [2.24, 2.45) is 0 Å². The van der Waals surface area contributed by atoms with Gasteiger partial charge in [-0.25, -0.2) is 4.98 Å². The maximum Gasteiger partial charge on any atom is 0.233 e. The minimum Gasteiger partial charge on any atom is -0.497 e. The number of amides is 1. The number of hydrogen-bond acceptors (Lipinski definition) is 7. The topological polar surface area (TPSA) is 93.5 Å². The van der Waals surface area contributed by atoms with E-state index in [4.69, 9.17) is 19.2 Å². The number of nitriles is 1. The summed E-state index contributed by atoms with van der Waals surface area (Å²) >= 11 is 1.31. The van der Waals surface area contributed by atoms with Gasteiger partial charge in [0.15, 0.2) is 11.5 Å². The molecule has 0 bridgehead atoms. The Labute approximate surface area is 210 Å². The zero-order valence-corrected chi connectivity index (χ0v) is 21.1. The maximum absolute atomic E-state index is 12.9. The Balaban J connectivity index is 1.67. The monoisotopic (exact) mass is 491 g/mol. The Morgan fingerprint density at radius 3 is 2.40 bits per heavy atom. The smallest absolute Gasteiger partial charge is 0.233 e.